The van der Waals surface area contributed by atoms with Crippen molar-refractivity contribution in [1.29, 1.82) is 0 Å². The van der Waals surface area contributed by atoms with E-state index in [4.69, 9.17) is 11.6 Å². The summed E-state index contributed by atoms with van der Waals surface area (Å²) in [7, 11) is -4.31. The van der Waals surface area contributed by atoms with Crippen LogP contribution in [0.15, 0.2) is 77.7 Å². The number of carbonyl (C=O) groups excluding carboxylic acids is 1. The second-order valence-corrected chi connectivity index (χ2v) is 9.29. The molecule has 1 N–H and O–H groups in total. The van der Waals surface area contributed by atoms with Crippen LogP contribution in [0.2, 0.25) is 5.02 Å². The van der Waals surface area contributed by atoms with Crippen LogP contribution in [0, 0.1) is 0 Å². The summed E-state index contributed by atoms with van der Waals surface area (Å²) in [4.78, 5) is 12.1. The van der Waals surface area contributed by atoms with Crippen LogP contribution in [-0.2, 0) is 22.7 Å². The number of sulfonamides is 1. The molecule has 0 radical (unpaired) electrons. The monoisotopic (exact) mass is 496 g/mol. The van der Waals surface area contributed by atoms with Crippen molar-refractivity contribution < 1.29 is 26.4 Å². The predicted molar refractivity (Wildman–Crippen MR) is 121 cm³/mol. The molecule has 0 saturated heterocycles. The fraction of sp³-hybridized carbons (Fsp3) is 0.174. The minimum atomic E-state index is -4.68. The largest absolute Gasteiger partial charge is 0.416 e. The number of hydrogen-bond donors (Lipinski definition) is 1. The minimum Gasteiger partial charge on any atom is -0.348 e. The Hall–Kier alpha value is -3.04. The SMILES string of the molecule is CCN(c1cccc(C(=O)NCc2ccccc2Cl)c1)S(=O)(=O)c1cccc(C(F)(F)F)c1. The number of nitrogens with one attached hydrogen (secondary N) is 1. The van der Waals surface area contributed by atoms with Crippen molar-refractivity contribution in [3.63, 3.8) is 0 Å². The van der Waals surface area contributed by atoms with Gasteiger partial charge in [0.05, 0.1) is 16.1 Å². The first-order chi connectivity index (χ1) is 15.5. The Morgan fingerprint density at radius 1 is 1.00 bits per heavy atom. The van der Waals surface area contributed by atoms with Gasteiger partial charge in [-0.05, 0) is 55.0 Å². The molecular weight excluding hydrogens is 477 g/mol. The van der Waals surface area contributed by atoms with E-state index >= 15 is 0 Å². The van der Waals surface area contributed by atoms with Crippen LogP contribution in [0.4, 0.5) is 18.9 Å². The smallest absolute Gasteiger partial charge is 0.348 e. The number of anilines is 1. The van der Waals surface area contributed by atoms with E-state index in [9.17, 15) is 26.4 Å². The van der Waals surface area contributed by atoms with Crippen molar-refractivity contribution in [2.75, 3.05) is 10.8 Å². The molecule has 174 valence electrons. The van der Waals surface area contributed by atoms with E-state index in [1.165, 1.54) is 24.3 Å². The normalized spacial score (nSPS) is 11.8. The number of halogens is 4. The highest BCUT2D eigenvalue weighted by Gasteiger charge is 2.33. The molecule has 0 aromatic heterocycles. The molecule has 33 heavy (non-hydrogen) atoms. The highest BCUT2D eigenvalue weighted by Crippen LogP contribution is 2.32. The van der Waals surface area contributed by atoms with Crippen LogP contribution >= 0.6 is 11.6 Å². The summed E-state index contributed by atoms with van der Waals surface area (Å²) in [6.07, 6.45) is -4.68. The van der Waals surface area contributed by atoms with Gasteiger partial charge in [-0.2, -0.15) is 13.2 Å². The molecule has 0 aliphatic rings. The average molecular weight is 497 g/mol. The molecule has 0 heterocycles. The molecule has 0 saturated carbocycles. The second-order valence-electron chi connectivity index (χ2n) is 7.02. The first-order valence-corrected chi connectivity index (χ1v) is 11.7. The van der Waals surface area contributed by atoms with Gasteiger partial charge in [0, 0.05) is 23.7 Å². The number of rotatable bonds is 7. The second kappa shape index (κ2) is 9.84. The van der Waals surface area contributed by atoms with Crippen molar-refractivity contribution in [2.24, 2.45) is 0 Å². The summed E-state index contributed by atoms with van der Waals surface area (Å²) in [6, 6.07) is 16.4. The van der Waals surface area contributed by atoms with E-state index < -0.39 is 32.6 Å². The zero-order chi connectivity index (χ0) is 24.2. The lowest BCUT2D eigenvalue weighted by molar-refractivity contribution is -0.137. The van der Waals surface area contributed by atoms with E-state index in [-0.39, 0.29) is 24.3 Å². The van der Waals surface area contributed by atoms with Crippen molar-refractivity contribution in [1.82, 2.24) is 5.32 Å². The van der Waals surface area contributed by atoms with Crippen LogP contribution in [-0.4, -0.2) is 20.9 Å². The lowest BCUT2D eigenvalue weighted by atomic mass is 10.1. The van der Waals surface area contributed by atoms with Crippen LogP contribution < -0.4 is 9.62 Å². The van der Waals surface area contributed by atoms with Crippen molar-refractivity contribution in [2.45, 2.75) is 24.5 Å². The van der Waals surface area contributed by atoms with Gasteiger partial charge in [0.15, 0.2) is 0 Å². The Bertz CT molecular complexity index is 1260. The molecule has 3 rings (SSSR count). The van der Waals surface area contributed by atoms with Crippen LogP contribution in [0.1, 0.15) is 28.4 Å². The average Bonchev–Trinajstić information content (AvgIpc) is 2.78. The lowest BCUT2D eigenvalue weighted by Gasteiger charge is -2.24. The fourth-order valence-corrected chi connectivity index (χ4v) is 4.89. The number of hydrogen-bond acceptors (Lipinski definition) is 3. The van der Waals surface area contributed by atoms with E-state index in [0.717, 1.165) is 22.5 Å². The third kappa shape index (κ3) is 5.66. The van der Waals surface area contributed by atoms with Crippen molar-refractivity contribution in [3.05, 3.63) is 94.5 Å². The molecule has 3 aromatic rings. The molecule has 0 unspecified atom stereocenters. The Morgan fingerprint density at radius 3 is 2.36 bits per heavy atom. The molecule has 0 fully saturated rings. The fourth-order valence-electron chi connectivity index (χ4n) is 3.17. The van der Waals surface area contributed by atoms with Gasteiger partial charge >= 0.3 is 6.18 Å². The Kier molecular flexibility index (Phi) is 7.34. The molecule has 3 aromatic carbocycles. The number of benzene rings is 3. The van der Waals surface area contributed by atoms with Crippen molar-refractivity contribution >= 4 is 33.2 Å². The molecule has 0 aliphatic carbocycles. The van der Waals surface area contributed by atoms with Crippen molar-refractivity contribution in [3.8, 4) is 0 Å². The van der Waals surface area contributed by atoms with E-state index in [2.05, 4.69) is 5.32 Å². The van der Waals surface area contributed by atoms with Gasteiger partial charge in [0.25, 0.3) is 15.9 Å². The number of amides is 1. The topological polar surface area (TPSA) is 66.5 Å². The van der Waals surface area contributed by atoms with E-state index in [0.29, 0.717) is 16.7 Å². The van der Waals surface area contributed by atoms with E-state index in [1.807, 2.05) is 0 Å². The summed E-state index contributed by atoms with van der Waals surface area (Å²) >= 11 is 6.09. The predicted octanol–water partition coefficient (Wildman–Crippen LogP) is 5.50. The lowest BCUT2D eigenvalue weighted by Crippen LogP contribution is -2.31. The summed E-state index contributed by atoms with van der Waals surface area (Å²) in [5.41, 5.74) is -0.00383. The zero-order valence-corrected chi connectivity index (χ0v) is 19.0. The third-order valence-electron chi connectivity index (χ3n) is 4.83. The maximum atomic E-state index is 13.1. The molecule has 0 aliphatic heterocycles. The summed E-state index contributed by atoms with van der Waals surface area (Å²) in [5, 5.41) is 3.21. The number of nitrogens with zero attached hydrogens (tertiary/aromatic N) is 1. The molecule has 10 heteroatoms. The van der Waals surface area contributed by atoms with Crippen LogP contribution in [0.25, 0.3) is 0 Å². The Labute approximate surface area is 194 Å². The molecule has 1 amide bonds. The number of alkyl halides is 3. The Balaban J connectivity index is 1.87. The Morgan fingerprint density at radius 2 is 1.70 bits per heavy atom. The highest BCUT2D eigenvalue weighted by molar-refractivity contribution is 7.92. The van der Waals surface area contributed by atoms with Gasteiger partial charge in [-0.25, -0.2) is 8.42 Å². The van der Waals surface area contributed by atoms with Gasteiger partial charge in [-0.1, -0.05) is 41.9 Å². The molecular formula is C23H20ClF3N2O3S. The van der Waals surface area contributed by atoms with Crippen LogP contribution in [0.3, 0.4) is 0 Å². The standard InChI is InChI=1S/C23H20ClF3N2O3S/c1-2-29(33(31,32)20-11-6-9-18(14-20)23(25,26)27)19-10-5-8-16(13-19)22(30)28-15-17-7-3-4-12-21(17)24/h3-14H,2,15H2,1H3,(H,28,30). The maximum Gasteiger partial charge on any atom is 0.416 e. The zero-order valence-electron chi connectivity index (χ0n) is 17.4. The molecule has 0 spiro atoms. The molecule has 0 atom stereocenters. The first kappa shape index (κ1) is 24.6. The highest BCUT2D eigenvalue weighted by atomic mass is 35.5. The summed E-state index contributed by atoms with van der Waals surface area (Å²) in [6.45, 7) is 1.67. The van der Waals surface area contributed by atoms with Gasteiger partial charge in [0.2, 0.25) is 0 Å². The van der Waals surface area contributed by atoms with Gasteiger partial charge in [0.1, 0.15) is 0 Å². The quantitative estimate of drug-likeness (QED) is 0.469. The van der Waals surface area contributed by atoms with Gasteiger partial charge in [-0.15, -0.1) is 0 Å². The van der Waals surface area contributed by atoms with E-state index in [1.54, 1.807) is 31.2 Å². The summed E-state index contributed by atoms with van der Waals surface area (Å²) in [5.74, 6) is -0.454. The maximum absolute atomic E-state index is 13.1. The summed E-state index contributed by atoms with van der Waals surface area (Å²) < 4.78 is 66.4. The first-order valence-electron chi connectivity index (χ1n) is 9.85. The van der Waals surface area contributed by atoms with Gasteiger partial charge < -0.3 is 5.32 Å². The number of carbonyl (C=O) groups is 1. The van der Waals surface area contributed by atoms with Gasteiger partial charge in [-0.3, -0.25) is 9.10 Å². The third-order valence-corrected chi connectivity index (χ3v) is 7.10. The minimum absolute atomic E-state index is 0.0523. The molecule has 0 bridgehead atoms. The molecule has 5 nitrogen and oxygen atoms in total. The van der Waals surface area contributed by atoms with Crippen LogP contribution in [0.5, 0.6) is 0 Å².